The summed E-state index contributed by atoms with van der Waals surface area (Å²) in [6.07, 6.45) is 4.43. The number of carbonyl (C=O) groups is 1. The second-order valence-corrected chi connectivity index (χ2v) is 11.0. The minimum Gasteiger partial charge on any atom is -0.336 e. The van der Waals surface area contributed by atoms with Crippen LogP contribution in [0.3, 0.4) is 0 Å². The summed E-state index contributed by atoms with van der Waals surface area (Å²) in [6, 6.07) is 7.61. The number of hydrogen-bond donors (Lipinski definition) is 0. The number of amides is 1. The van der Waals surface area contributed by atoms with Crippen LogP contribution in [-0.2, 0) is 0 Å². The number of piperazine rings is 1. The maximum atomic E-state index is 13.7. The number of hydrogen-bond acceptors (Lipinski definition) is 6. The molecule has 2 saturated heterocycles. The maximum absolute atomic E-state index is 13.7. The highest BCUT2D eigenvalue weighted by molar-refractivity contribution is 7.13. The smallest absolute Gasteiger partial charge is 0.254 e. The van der Waals surface area contributed by atoms with Gasteiger partial charge in [0.1, 0.15) is 0 Å². The third-order valence-corrected chi connectivity index (χ3v) is 8.42. The first-order chi connectivity index (χ1) is 16.4. The molecule has 0 bridgehead atoms. The van der Waals surface area contributed by atoms with Gasteiger partial charge in [-0.25, -0.2) is 9.67 Å². The molecule has 0 radical (unpaired) electrons. The van der Waals surface area contributed by atoms with E-state index >= 15 is 0 Å². The number of carbonyl (C=O) groups excluding carboxylic acids is 1. The predicted octanol–water partition coefficient (Wildman–Crippen LogP) is 4.37. The van der Waals surface area contributed by atoms with Crippen LogP contribution in [0.1, 0.15) is 56.9 Å². The lowest BCUT2D eigenvalue weighted by molar-refractivity contribution is 0.0616. The lowest BCUT2D eigenvalue weighted by Crippen LogP contribution is -2.50. The fourth-order valence-corrected chi connectivity index (χ4v) is 6.10. The maximum Gasteiger partial charge on any atom is 0.254 e. The zero-order chi connectivity index (χ0) is 23.8. The van der Waals surface area contributed by atoms with E-state index in [-0.39, 0.29) is 11.9 Å². The Labute approximate surface area is 206 Å². The Morgan fingerprint density at radius 1 is 1.12 bits per heavy atom. The van der Waals surface area contributed by atoms with Crippen LogP contribution in [0.15, 0.2) is 29.8 Å². The number of nitrogens with zero attached hydrogens (tertiary/aromatic N) is 6. The first kappa shape index (κ1) is 23.5. The molecule has 0 saturated carbocycles. The van der Waals surface area contributed by atoms with Crippen molar-refractivity contribution in [3.8, 4) is 10.6 Å². The molecular formula is C26H36N6OS. The van der Waals surface area contributed by atoms with E-state index in [4.69, 9.17) is 4.98 Å². The Hall–Kier alpha value is -2.29. The second-order valence-electron chi connectivity index (χ2n) is 10.1. The van der Waals surface area contributed by atoms with Crippen LogP contribution in [0.2, 0.25) is 0 Å². The van der Waals surface area contributed by atoms with Gasteiger partial charge in [-0.1, -0.05) is 6.07 Å². The van der Waals surface area contributed by atoms with Crippen molar-refractivity contribution in [2.24, 2.45) is 0 Å². The zero-order valence-electron chi connectivity index (χ0n) is 20.8. The van der Waals surface area contributed by atoms with Crippen LogP contribution in [0, 0.1) is 0 Å². The highest BCUT2D eigenvalue weighted by Crippen LogP contribution is 2.30. The van der Waals surface area contributed by atoms with Crippen LogP contribution < -0.4 is 0 Å². The monoisotopic (exact) mass is 480 g/mol. The lowest BCUT2D eigenvalue weighted by atomic mass is 10.1. The number of aromatic nitrogens is 3. The van der Waals surface area contributed by atoms with Gasteiger partial charge >= 0.3 is 0 Å². The van der Waals surface area contributed by atoms with E-state index in [1.807, 2.05) is 33.3 Å². The van der Waals surface area contributed by atoms with Gasteiger partial charge in [-0.05, 0) is 58.0 Å². The molecule has 3 aromatic rings. The molecule has 0 aliphatic carbocycles. The van der Waals surface area contributed by atoms with E-state index in [1.165, 1.54) is 12.8 Å². The highest BCUT2D eigenvalue weighted by Gasteiger charge is 2.29. The minimum atomic E-state index is 0.0925. The van der Waals surface area contributed by atoms with E-state index in [0.29, 0.717) is 17.6 Å². The van der Waals surface area contributed by atoms with Crippen molar-refractivity contribution >= 4 is 28.3 Å². The normalized spacial score (nSPS) is 22.3. The molecule has 0 aromatic carbocycles. The summed E-state index contributed by atoms with van der Waals surface area (Å²) in [4.78, 5) is 26.8. The molecule has 2 aliphatic heterocycles. The topological polar surface area (TPSA) is 57.5 Å². The quantitative estimate of drug-likeness (QED) is 0.524. The molecule has 5 heterocycles. The zero-order valence-corrected chi connectivity index (χ0v) is 21.6. The van der Waals surface area contributed by atoms with Gasteiger partial charge in [0.2, 0.25) is 0 Å². The Morgan fingerprint density at radius 3 is 2.50 bits per heavy atom. The Kier molecular flexibility index (Phi) is 6.73. The molecule has 0 N–H and O–H groups in total. The predicted molar refractivity (Wildman–Crippen MR) is 138 cm³/mol. The summed E-state index contributed by atoms with van der Waals surface area (Å²) in [7, 11) is 0. The molecule has 7 nitrogen and oxygen atoms in total. The summed E-state index contributed by atoms with van der Waals surface area (Å²) in [5.41, 5.74) is 2.35. The molecule has 1 amide bonds. The summed E-state index contributed by atoms with van der Waals surface area (Å²) in [5, 5.41) is 7.46. The molecule has 2 aliphatic rings. The molecule has 34 heavy (non-hydrogen) atoms. The average molecular weight is 481 g/mol. The van der Waals surface area contributed by atoms with Gasteiger partial charge in [0, 0.05) is 57.4 Å². The van der Waals surface area contributed by atoms with Crippen LogP contribution in [0.25, 0.3) is 21.6 Å². The third-order valence-electron chi connectivity index (χ3n) is 7.53. The number of pyridine rings is 1. The SMILES string of the molecule is CC1CCC(C)N1CCN1CCN(C(=O)c2cc(-c3cccs3)nc3c2cnn3C(C)C)CC1. The van der Waals surface area contributed by atoms with Crippen molar-refractivity contribution in [3.63, 3.8) is 0 Å². The van der Waals surface area contributed by atoms with Gasteiger partial charge in [-0.3, -0.25) is 14.6 Å². The van der Waals surface area contributed by atoms with E-state index < -0.39 is 0 Å². The van der Waals surface area contributed by atoms with Gasteiger partial charge in [0.05, 0.1) is 27.7 Å². The molecule has 2 atom stereocenters. The van der Waals surface area contributed by atoms with E-state index in [9.17, 15) is 4.79 Å². The number of fused-ring (bicyclic) bond motifs is 1. The van der Waals surface area contributed by atoms with Crippen LogP contribution in [0.4, 0.5) is 0 Å². The molecule has 2 fully saturated rings. The second kappa shape index (κ2) is 9.76. The van der Waals surface area contributed by atoms with Gasteiger partial charge in [-0.2, -0.15) is 5.10 Å². The number of thiophene rings is 1. The summed E-state index contributed by atoms with van der Waals surface area (Å²) in [6.45, 7) is 14.5. The first-order valence-corrected chi connectivity index (χ1v) is 13.5. The van der Waals surface area contributed by atoms with Crippen molar-refractivity contribution in [2.75, 3.05) is 39.3 Å². The number of rotatable bonds is 6. The van der Waals surface area contributed by atoms with Crippen molar-refractivity contribution in [2.45, 2.75) is 58.7 Å². The van der Waals surface area contributed by atoms with E-state index in [2.05, 4.69) is 48.7 Å². The molecule has 3 aromatic heterocycles. The Bertz CT molecular complexity index is 1120. The highest BCUT2D eigenvalue weighted by atomic mass is 32.1. The Balaban J connectivity index is 1.32. The minimum absolute atomic E-state index is 0.0925. The molecule has 182 valence electrons. The summed E-state index contributed by atoms with van der Waals surface area (Å²) < 4.78 is 1.92. The summed E-state index contributed by atoms with van der Waals surface area (Å²) >= 11 is 1.65. The first-order valence-electron chi connectivity index (χ1n) is 12.6. The van der Waals surface area contributed by atoms with Crippen LogP contribution >= 0.6 is 11.3 Å². The molecule has 8 heteroatoms. The van der Waals surface area contributed by atoms with Gasteiger partial charge in [0.15, 0.2) is 5.65 Å². The Morgan fingerprint density at radius 2 is 1.85 bits per heavy atom. The molecular weight excluding hydrogens is 444 g/mol. The van der Waals surface area contributed by atoms with Crippen molar-refractivity contribution in [1.82, 2.24) is 29.5 Å². The van der Waals surface area contributed by atoms with Crippen LogP contribution in [0.5, 0.6) is 0 Å². The molecule has 0 spiro atoms. The van der Waals surface area contributed by atoms with Crippen LogP contribution in [-0.4, -0.2) is 86.7 Å². The molecule has 5 rings (SSSR count). The fraction of sp³-hybridized carbons (Fsp3) is 0.577. The average Bonchev–Trinajstić information content (AvgIpc) is 3.58. The number of likely N-dealkylation sites (tertiary alicyclic amines) is 1. The van der Waals surface area contributed by atoms with Gasteiger partial charge in [0.25, 0.3) is 5.91 Å². The summed E-state index contributed by atoms with van der Waals surface area (Å²) in [5.74, 6) is 0.0925. The van der Waals surface area contributed by atoms with Gasteiger partial charge in [-0.15, -0.1) is 11.3 Å². The standard InChI is InChI=1S/C26H36N6OS/c1-18(2)32-25-22(17-27-32)21(16-23(28-25)24-6-5-15-34-24)26(33)30-12-9-29(10-13-30)11-14-31-19(3)7-8-20(31)4/h5-6,15-20H,7-14H2,1-4H3. The van der Waals surface area contributed by atoms with Crippen molar-refractivity contribution < 1.29 is 4.79 Å². The van der Waals surface area contributed by atoms with E-state index in [1.54, 1.807) is 11.3 Å². The molecule has 2 unspecified atom stereocenters. The largest absolute Gasteiger partial charge is 0.336 e. The lowest BCUT2D eigenvalue weighted by Gasteiger charge is -2.36. The van der Waals surface area contributed by atoms with E-state index in [0.717, 1.165) is 60.9 Å². The third kappa shape index (κ3) is 4.51. The van der Waals surface area contributed by atoms with Gasteiger partial charge < -0.3 is 4.90 Å². The van der Waals surface area contributed by atoms with Crippen molar-refractivity contribution in [1.29, 1.82) is 0 Å². The fourth-order valence-electron chi connectivity index (χ4n) is 5.41. The van der Waals surface area contributed by atoms with Crippen molar-refractivity contribution in [3.05, 3.63) is 35.3 Å².